The summed E-state index contributed by atoms with van der Waals surface area (Å²) in [5, 5.41) is 22.8. The van der Waals surface area contributed by atoms with Crippen LogP contribution in [0.2, 0.25) is 0 Å². The van der Waals surface area contributed by atoms with E-state index < -0.39 is 18.6 Å². The lowest BCUT2D eigenvalue weighted by molar-refractivity contribution is -0.114. The second-order valence-corrected chi connectivity index (χ2v) is 3.77. The molecular weight excluding hydrogens is 236 g/mol. The zero-order valence-corrected chi connectivity index (χ0v) is 10.0. The summed E-state index contributed by atoms with van der Waals surface area (Å²) in [6.45, 7) is 0.877. The number of rotatable bonds is 5. The van der Waals surface area contributed by atoms with Gasteiger partial charge in [-0.25, -0.2) is 0 Å². The van der Waals surface area contributed by atoms with Gasteiger partial charge in [0, 0.05) is 13.5 Å². The van der Waals surface area contributed by atoms with Crippen molar-refractivity contribution < 1.29 is 19.8 Å². The molecule has 98 valence electrons. The molecule has 0 radical (unpaired) electrons. The van der Waals surface area contributed by atoms with Crippen molar-refractivity contribution in [2.75, 3.05) is 18.5 Å². The Hall–Kier alpha value is -1.92. The summed E-state index contributed by atoms with van der Waals surface area (Å²) in [4.78, 5) is 22.8. The first-order valence-electron chi connectivity index (χ1n) is 5.48. The molecule has 1 aromatic rings. The average Bonchev–Trinajstić information content (AvgIpc) is 2.35. The van der Waals surface area contributed by atoms with Gasteiger partial charge in [0.15, 0.2) is 0 Å². The number of aliphatic hydroxyl groups is 2. The first-order chi connectivity index (χ1) is 8.54. The molecule has 0 fully saturated rings. The number of aliphatic hydroxyl groups excluding tert-OH is 2. The van der Waals surface area contributed by atoms with E-state index in [9.17, 15) is 9.59 Å². The van der Waals surface area contributed by atoms with Gasteiger partial charge in [0.05, 0.1) is 24.0 Å². The highest BCUT2D eigenvalue weighted by molar-refractivity contribution is 6.03. The van der Waals surface area contributed by atoms with Gasteiger partial charge in [0.1, 0.15) is 0 Å². The van der Waals surface area contributed by atoms with Crippen molar-refractivity contribution in [2.24, 2.45) is 0 Å². The monoisotopic (exact) mass is 252 g/mol. The van der Waals surface area contributed by atoms with Gasteiger partial charge in [0.25, 0.3) is 5.91 Å². The number of hydrogen-bond donors (Lipinski definition) is 4. The summed E-state index contributed by atoms with van der Waals surface area (Å²) in [5.41, 5.74) is 0.707. The largest absolute Gasteiger partial charge is 0.394 e. The van der Waals surface area contributed by atoms with Crippen LogP contribution in [0.3, 0.4) is 0 Å². The Balaban J connectivity index is 2.75. The van der Waals surface area contributed by atoms with E-state index in [2.05, 4.69) is 10.6 Å². The quantitative estimate of drug-likeness (QED) is 0.579. The molecule has 0 spiro atoms. The maximum atomic E-state index is 11.8. The number of amides is 2. The second-order valence-electron chi connectivity index (χ2n) is 3.77. The van der Waals surface area contributed by atoms with E-state index in [1.807, 2.05) is 0 Å². The van der Waals surface area contributed by atoms with Crippen LogP contribution in [0.15, 0.2) is 24.3 Å². The van der Waals surface area contributed by atoms with E-state index in [4.69, 9.17) is 10.2 Å². The Labute approximate surface area is 105 Å². The van der Waals surface area contributed by atoms with Crippen molar-refractivity contribution in [1.29, 1.82) is 0 Å². The molecular formula is C12H16N2O4. The molecule has 0 bridgehead atoms. The Morgan fingerprint density at radius 1 is 1.33 bits per heavy atom. The second kappa shape index (κ2) is 6.73. The topological polar surface area (TPSA) is 98.7 Å². The first-order valence-corrected chi connectivity index (χ1v) is 5.48. The predicted molar refractivity (Wildman–Crippen MR) is 66.2 cm³/mol. The minimum Gasteiger partial charge on any atom is -0.394 e. The van der Waals surface area contributed by atoms with E-state index in [1.165, 1.54) is 6.92 Å². The Morgan fingerprint density at radius 2 is 2.00 bits per heavy atom. The molecule has 4 N–H and O–H groups in total. The van der Waals surface area contributed by atoms with Gasteiger partial charge in [0.2, 0.25) is 5.91 Å². The number of hydrogen-bond acceptors (Lipinski definition) is 4. The van der Waals surface area contributed by atoms with Crippen molar-refractivity contribution in [1.82, 2.24) is 5.32 Å². The van der Waals surface area contributed by atoms with Crippen molar-refractivity contribution >= 4 is 17.5 Å². The van der Waals surface area contributed by atoms with Crippen LogP contribution in [0.1, 0.15) is 17.3 Å². The van der Waals surface area contributed by atoms with Crippen LogP contribution in [0.4, 0.5) is 5.69 Å². The van der Waals surface area contributed by atoms with Crippen LogP contribution in [0, 0.1) is 0 Å². The Kier molecular flexibility index (Phi) is 5.29. The average molecular weight is 252 g/mol. The SMILES string of the molecule is CC(=O)Nc1ccccc1C(=O)NCC(O)CO. The number of carbonyl (C=O) groups excluding carboxylic acids is 2. The van der Waals surface area contributed by atoms with E-state index in [0.717, 1.165) is 0 Å². The number of benzene rings is 1. The number of para-hydroxylation sites is 1. The minimum absolute atomic E-state index is 0.0518. The van der Waals surface area contributed by atoms with Gasteiger partial charge in [-0.05, 0) is 12.1 Å². The fraction of sp³-hybridized carbons (Fsp3) is 0.333. The zero-order chi connectivity index (χ0) is 13.5. The van der Waals surface area contributed by atoms with E-state index in [1.54, 1.807) is 24.3 Å². The zero-order valence-electron chi connectivity index (χ0n) is 10.0. The molecule has 1 atom stereocenters. The minimum atomic E-state index is -0.998. The molecule has 0 aliphatic heterocycles. The van der Waals surface area contributed by atoms with Crippen molar-refractivity contribution in [3.8, 4) is 0 Å². The first kappa shape index (κ1) is 14.1. The molecule has 0 saturated heterocycles. The van der Waals surface area contributed by atoms with Gasteiger partial charge in [-0.15, -0.1) is 0 Å². The van der Waals surface area contributed by atoms with Crippen molar-refractivity contribution in [3.05, 3.63) is 29.8 Å². The third-order valence-electron chi connectivity index (χ3n) is 2.19. The third-order valence-corrected chi connectivity index (χ3v) is 2.19. The predicted octanol–water partition coefficient (Wildman–Crippen LogP) is -0.272. The van der Waals surface area contributed by atoms with Gasteiger partial charge in [-0.2, -0.15) is 0 Å². The molecule has 0 aliphatic rings. The fourth-order valence-corrected chi connectivity index (χ4v) is 1.35. The molecule has 1 aromatic carbocycles. The molecule has 1 rings (SSSR count). The number of nitrogens with one attached hydrogen (secondary N) is 2. The summed E-state index contributed by atoms with van der Waals surface area (Å²) in [7, 11) is 0. The van der Waals surface area contributed by atoms with Gasteiger partial charge in [-0.3, -0.25) is 9.59 Å². The van der Waals surface area contributed by atoms with Gasteiger partial charge >= 0.3 is 0 Å². The molecule has 0 aromatic heterocycles. The molecule has 0 aliphatic carbocycles. The highest BCUT2D eigenvalue weighted by Gasteiger charge is 2.12. The summed E-state index contributed by atoms with van der Waals surface area (Å²) in [6, 6.07) is 6.54. The van der Waals surface area contributed by atoms with E-state index >= 15 is 0 Å². The van der Waals surface area contributed by atoms with Gasteiger partial charge < -0.3 is 20.8 Å². The number of carbonyl (C=O) groups is 2. The van der Waals surface area contributed by atoms with Crippen LogP contribution in [0.5, 0.6) is 0 Å². The van der Waals surface area contributed by atoms with Gasteiger partial charge in [-0.1, -0.05) is 12.1 Å². The number of anilines is 1. The molecule has 0 saturated carbocycles. The molecule has 6 nitrogen and oxygen atoms in total. The van der Waals surface area contributed by atoms with Crippen molar-refractivity contribution in [3.63, 3.8) is 0 Å². The standard InChI is InChI=1S/C12H16N2O4/c1-8(16)14-11-5-3-2-4-10(11)12(18)13-6-9(17)7-15/h2-5,9,15,17H,6-7H2,1H3,(H,13,18)(H,14,16). The summed E-state index contributed by atoms with van der Waals surface area (Å²) in [5.74, 6) is -0.697. The molecule has 18 heavy (non-hydrogen) atoms. The fourth-order valence-electron chi connectivity index (χ4n) is 1.35. The third kappa shape index (κ3) is 4.15. The van der Waals surface area contributed by atoms with Crippen LogP contribution in [0.25, 0.3) is 0 Å². The van der Waals surface area contributed by atoms with E-state index in [0.29, 0.717) is 11.3 Å². The van der Waals surface area contributed by atoms with Crippen LogP contribution in [-0.2, 0) is 4.79 Å². The lowest BCUT2D eigenvalue weighted by Gasteiger charge is -2.12. The smallest absolute Gasteiger partial charge is 0.253 e. The lowest BCUT2D eigenvalue weighted by Crippen LogP contribution is -2.34. The van der Waals surface area contributed by atoms with Crippen LogP contribution in [-0.4, -0.2) is 41.3 Å². The molecule has 1 unspecified atom stereocenters. The normalized spacial score (nSPS) is 11.7. The van der Waals surface area contributed by atoms with E-state index in [-0.39, 0.29) is 12.5 Å². The maximum absolute atomic E-state index is 11.8. The molecule has 0 heterocycles. The highest BCUT2D eigenvalue weighted by Crippen LogP contribution is 2.14. The van der Waals surface area contributed by atoms with Crippen molar-refractivity contribution in [2.45, 2.75) is 13.0 Å². The molecule has 2 amide bonds. The Bertz CT molecular complexity index is 434. The summed E-state index contributed by atoms with van der Waals surface area (Å²) < 4.78 is 0. The summed E-state index contributed by atoms with van der Waals surface area (Å²) in [6.07, 6.45) is -0.998. The Morgan fingerprint density at radius 3 is 2.61 bits per heavy atom. The highest BCUT2D eigenvalue weighted by atomic mass is 16.3. The van der Waals surface area contributed by atoms with Crippen LogP contribution < -0.4 is 10.6 Å². The lowest BCUT2D eigenvalue weighted by atomic mass is 10.1. The maximum Gasteiger partial charge on any atom is 0.253 e. The molecule has 6 heteroatoms. The van der Waals surface area contributed by atoms with Crippen LogP contribution >= 0.6 is 0 Å². The summed E-state index contributed by atoms with van der Waals surface area (Å²) >= 11 is 0.